The van der Waals surface area contributed by atoms with Crippen molar-refractivity contribution in [3.05, 3.63) is 29.8 Å². The molecular formula is C10H9F3O2S. The van der Waals surface area contributed by atoms with Crippen molar-refractivity contribution in [1.82, 2.24) is 0 Å². The van der Waals surface area contributed by atoms with E-state index < -0.39 is 17.0 Å². The zero-order valence-electron chi connectivity index (χ0n) is 8.38. The first kappa shape index (κ1) is 12.9. The normalized spacial score (nSPS) is 11.2. The van der Waals surface area contributed by atoms with Gasteiger partial charge in [0.2, 0.25) is 0 Å². The van der Waals surface area contributed by atoms with Crippen LogP contribution >= 0.6 is 11.8 Å². The summed E-state index contributed by atoms with van der Waals surface area (Å²) in [5.41, 5.74) is -4.22. The topological polar surface area (TPSA) is 26.3 Å². The van der Waals surface area contributed by atoms with Crippen molar-refractivity contribution < 1.29 is 22.7 Å². The minimum Gasteiger partial charge on any atom is -0.496 e. The molecule has 0 bridgehead atoms. The molecule has 0 radical (unpaired) electrons. The van der Waals surface area contributed by atoms with Crippen LogP contribution in [0.2, 0.25) is 0 Å². The average Bonchev–Trinajstić information content (AvgIpc) is 2.25. The maximum atomic E-state index is 11.9. The third-order valence-corrected chi connectivity index (χ3v) is 2.51. The van der Waals surface area contributed by atoms with Crippen LogP contribution in [0.5, 0.6) is 5.75 Å². The van der Waals surface area contributed by atoms with Crippen molar-refractivity contribution in [2.45, 2.75) is 5.51 Å². The number of benzene rings is 1. The largest absolute Gasteiger partial charge is 0.496 e. The van der Waals surface area contributed by atoms with Crippen LogP contribution in [0.3, 0.4) is 0 Å². The van der Waals surface area contributed by atoms with E-state index in [9.17, 15) is 18.0 Å². The fraction of sp³-hybridized carbons (Fsp3) is 0.300. The number of rotatable bonds is 4. The molecule has 0 fully saturated rings. The molecule has 0 aromatic heterocycles. The van der Waals surface area contributed by atoms with E-state index in [1.54, 1.807) is 12.1 Å². The van der Waals surface area contributed by atoms with Crippen LogP contribution in [0.1, 0.15) is 10.4 Å². The highest BCUT2D eigenvalue weighted by molar-refractivity contribution is 8.00. The number of carbonyl (C=O) groups excluding carboxylic acids is 1. The summed E-state index contributed by atoms with van der Waals surface area (Å²) < 4.78 is 40.6. The number of para-hydroxylation sites is 1. The lowest BCUT2D eigenvalue weighted by Gasteiger charge is -2.08. The molecule has 0 aliphatic rings. The Bertz CT molecular complexity index is 377. The summed E-state index contributed by atoms with van der Waals surface area (Å²) in [4.78, 5) is 11.5. The molecule has 0 spiro atoms. The molecule has 1 aromatic carbocycles. The number of ketones is 1. The zero-order valence-corrected chi connectivity index (χ0v) is 9.19. The summed E-state index contributed by atoms with van der Waals surface area (Å²) in [7, 11) is 1.36. The van der Waals surface area contributed by atoms with E-state index in [2.05, 4.69) is 0 Å². The Balaban J connectivity index is 2.73. The summed E-state index contributed by atoms with van der Waals surface area (Å²) >= 11 is -0.349. The Hall–Kier alpha value is -1.17. The molecule has 2 nitrogen and oxygen atoms in total. The number of thioether (sulfide) groups is 1. The van der Waals surface area contributed by atoms with E-state index >= 15 is 0 Å². The van der Waals surface area contributed by atoms with Crippen LogP contribution in [0, 0.1) is 0 Å². The third kappa shape index (κ3) is 3.77. The molecule has 0 atom stereocenters. The predicted molar refractivity (Wildman–Crippen MR) is 55.8 cm³/mol. The van der Waals surface area contributed by atoms with Crippen molar-refractivity contribution in [3.8, 4) is 5.75 Å². The monoisotopic (exact) mass is 250 g/mol. The summed E-state index contributed by atoms with van der Waals surface area (Å²) in [6.45, 7) is 0. The van der Waals surface area contributed by atoms with Gasteiger partial charge in [-0.2, -0.15) is 13.2 Å². The van der Waals surface area contributed by atoms with Crippen molar-refractivity contribution in [2.24, 2.45) is 0 Å². The van der Waals surface area contributed by atoms with Gasteiger partial charge in [-0.1, -0.05) is 12.1 Å². The molecule has 1 rings (SSSR count). The summed E-state index contributed by atoms with van der Waals surface area (Å²) in [5.74, 6) is -0.945. The van der Waals surface area contributed by atoms with Gasteiger partial charge in [0.1, 0.15) is 5.75 Å². The van der Waals surface area contributed by atoms with E-state index in [1.807, 2.05) is 0 Å². The molecule has 0 aliphatic carbocycles. The van der Waals surface area contributed by atoms with Gasteiger partial charge in [0.05, 0.1) is 18.4 Å². The highest BCUT2D eigenvalue weighted by Crippen LogP contribution is 2.31. The number of carbonyl (C=O) groups is 1. The standard InChI is InChI=1S/C10H9F3O2S/c1-15-9-5-3-2-4-7(9)8(14)6-16-10(11,12)13/h2-5H,6H2,1H3. The van der Waals surface area contributed by atoms with Gasteiger partial charge in [0, 0.05) is 0 Å². The van der Waals surface area contributed by atoms with Crippen molar-refractivity contribution in [3.63, 3.8) is 0 Å². The first-order chi connectivity index (χ1) is 7.44. The lowest BCUT2D eigenvalue weighted by molar-refractivity contribution is -0.0327. The van der Waals surface area contributed by atoms with Crippen molar-refractivity contribution in [1.29, 1.82) is 0 Å². The lowest BCUT2D eigenvalue weighted by atomic mass is 10.1. The van der Waals surface area contributed by atoms with Gasteiger partial charge in [0.25, 0.3) is 0 Å². The van der Waals surface area contributed by atoms with Gasteiger partial charge in [-0.25, -0.2) is 0 Å². The highest BCUT2D eigenvalue weighted by atomic mass is 32.2. The van der Waals surface area contributed by atoms with Gasteiger partial charge >= 0.3 is 5.51 Å². The SMILES string of the molecule is COc1ccccc1C(=O)CSC(F)(F)F. The van der Waals surface area contributed by atoms with Crippen LogP contribution in [0.15, 0.2) is 24.3 Å². The van der Waals surface area contributed by atoms with Gasteiger partial charge < -0.3 is 4.74 Å². The maximum Gasteiger partial charge on any atom is 0.442 e. The van der Waals surface area contributed by atoms with E-state index in [-0.39, 0.29) is 23.1 Å². The average molecular weight is 250 g/mol. The number of Topliss-reactive ketones (excluding diaryl/α,β-unsaturated/α-hetero) is 1. The number of ether oxygens (including phenoxy) is 1. The second-order valence-corrected chi connectivity index (χ2v) is 3.90. The minimum absolute atomic E-state index is 0.168. The molecule has 0 heterocycles. The number of halogens is 3. The zero-order chi connectivity index (χ0) is 12.2. The van der Waals surface area contributed by atoms with E-state index in [4.69, 9.17) is 4.74 Å². The van der Waals surface area contributed by atoms with E-state index in [1.165, 1.54) is 19.2 Å². The molecule has 16 heavy (non-hydrogen) atoms. The van der Waals surface area contributed by atoms with Crippen molar-refractivity contribution in [2.75, 3.05) is 12.9 Å². The van der Waals surface area contributed by atoms with E-state index in [0.717, 1.165) is 0 Å². The van der Waals surface area contributed by atoms with Crippen LogP contribution in [0.25, 0.3) is 0 Å². The fourth-order valence-electron chi connectivity index (χ4n) is 1.10. The number of hydrogen-bond donors (Lipinski definition) is 0. The number of alkyl halides is 3. The van der Waals surface area contributed by atoms with Crippen LogP contribution in [0.4, 0.5) is 13.2 Å². The smallest absolute Gasteiger partial charge is 0.442 e. The molecule has 0 saturated carbocycles. The second kappa shape index (κ2) is 5.25. The molecule has 88 valence electrons. The molecule has 0 N–H and O–H groups in total. The molecule has 0 unspecified atom stereocenters. The molecule has 1 aromatic rings. The van der Waals surface area contributed by atoms with Crippen LogP contribution in [-0.2, 0) is 0 Å². The highest BCUT2D eigenvalue weighted by Gasteiger charge is 2.29. The first-order valence-corrected chi connectivity index (χ1v) is 5.29. The van der Waals surface area contributed by atoms with Gasteiger partial charge in [-0.3, -0.25) is 4.79 Å². The van der Waals surface area contributed by atoms with Crippen LogP contribution in [-0.4, -0.2) is 24.2 Å². The van der Waals surface area contributed by atoms with Gasteiger partial charge in [-0.05, 0) is 23.9 Å². The Morgan fingerprint density at radius 1 is 1.38 bits per heavy atom. The third-order valence-electron chi connectivity index (χ3n) is 1.77. The Kier molecular flexibility index (Phi) is 4.23. The molecule has 6 heteroatoms. The Labute approximate surface area is 94.8 Å². The summed E-state index contributed by atoms with van der Waals surface area (Å²) in [5, 5.41) is 0. The molecule has 0 aliphatic heterocycles. The summed E-state index contributed by atoms with van der Waals surface area (Å²) in [6.07, 6.45) is 0. The summed E-state index contributed by atoms with van der Waals surface area (Å²) in [6, 6.07) is 6.20. The molecular weight excluding hydrogens is 241 g/mol. The Morgan fingerprint density at radius 2 is 2.00 bits per heavy atom. The predicted octanol–water partition coefficient (Wildman–Crippen LogP) is 3.13. The van der Waals surface area contributed by atoms with Crippen LogP contribution < -0.4 is 4.74 Å². The number of hydrogen-bond acceptors (Lipinski definition) is 3. The molecule has 0 amide bonds. The maximum absolute atomic E-state index is 11.9. The molecule has 0 saturated heterocycles. The van der Waals surface area contributed by atoms with Gasteiger partial charge in [0.15, 0.2) is 5.78 Å². The van der Waals surface area contributed by atoms with Crippen molar-refractivity contribution >= 4 is 17.5 Å². The quantitative estimate of drug-likeness (QED) is 0.768. The minimum atomic E-state index is -4.39. The fourth-order valence-corrected chi connectivity index (χ4v) is 1.55. The number of methoxy groups -OCH3 is 1. The van der Waals surface area contributed by atoms with Gasteiger partial charge in [-0.15, -0.1) is 0 Å². The Morgan fingerprint density at radius 3 is 2.56 bits per heavy atom. The van der Waals surface area contributed by atoms with E-state index in [0.29, 0.717) is 0 Å². The first-order valence-electron chi connectivity index (χ1n) is 4.31. The lowest BCUT2D eigenvalue weighted by Crippen LogP contribution is -2.10. The second-order valence-electron chi connectivity index (χ2n) is 2.86.